The lowest BCUT2D eigenvalue weighted by atomic mass is 10.1. The Morgan fingerprint density at radius 1 is 0.962 bits per heavy atom. The average molecular weight is 342 g/mol. The highest BCUT2D eigenvalue weighted by Gasteiger charge is 2.16. The van der Waals surface area contributed by atoms with Crippen molar-refractivity contribution in [1.82, 2.24) is 19.8 Å². The van der Waals surface area contributed by atoms with Crippen molar-refractivity contribution in [2.24, 2.45) is 0 Å². The summed E-state index contributed by atoms with van der Waals surface area (Å²) in [6.07, 6.45) is 1.11. The van der Waals surface area contributed by atoms with Crippen molar-refractivity contribution >= 4 is 22.8 Å². The van der Waals surface area contributed by atoms with Gasteiger partial charge in [0.25, 0.3) is 0 Å². The molecule has 128 valence electrons. The van der Waals surface area contributed by atoms with Gasteiger partial charge in [-0.05, 0) is 36.2 Å². The van der Waals surface area contributed by atoms with Crippen molar-refractivity contribution in [3.63, 3.8) is 0 Å². The number of benzene rings is 2. The topological polar surface area (TPSA) is 58.3 Å². The maximum Gasteiger partial charge on any atom is 0.185 e. The summed E-state index contributed by atoms with van der Waals surface area (Å²) in [5.41, 5.74) is 5.42. The highest BCUT2D eigenvalue weighted by molar-refractivity contribution is 5.69. The molecule has 0 spiro atoms. The molecule has 0 atom stereocenters. The van der Waals surface area contributed by atoms with Crippen LogP contribution in [-0.4, -0.2) is 33.4 Å². The van der Waals surface area contributed by atoms with E-state index in [1.165, 1.54) is 11.3 Å². The summed E-state index contributed by atoms with van der Waals surface area (Å²) in [6.45, 7) is 1.07. The van der Waals surface area contributed by atoms with E-state index in [0.717, 1.165) is 41.5 Å². The van der Waals surface area contributed by atoms with Crippen LogP contribution < -0.4 is 10.2 Å². The van der Waals surface area contributed by atoms with Crippen LogP contribution in [0, 0.1) is 0 Å². The average Bonchev–Trinajstić information content (AvgIpc) is 3.26. The molecule has 1 aliphatic rings. The number of aromatic nitrogens is 4. The first-order valence-corrected chi connectivity index (χ1v) is 8.67. The van der Waals surface area contributed by atoms with Crippen LogP contribution in [0.3, 0.4) is 0 Å². The Morgan fingerprint density at radius 2 is 1.85 bits per heavy atom. The SMILES string of the molecule is CN1CCc2ccc(Nc3ccc4nnc(-c5ccccc5)n4n3)cc21. The second kappa shape index (κ2) is 5.84. The van der Waals surface area contributed by atoms with Crippen LogP contribution in [0.15, 0.2) is 60.7 Å². The number of nitrogens with one attached hydrogen (secondary N) is 1. The molecule has 2 aromatic carbocycles. The Bertz CT molecular complexity index is 1090. The van der Waals surface area contributed by atoms with E-state index in [9.17, 15) is 0 Å². The largest absolute Gasteiger partial charge is 0.374 e. The molecule has 1 aliphatic heterocycles. The van der Waals surface area contributed by atoms with Crippen LogP contribution in [0.5, 0.6) is 0 Å². The molecule has 6 nitrogen and oxygen atoms in total. The number of nitrogens with zero attached hydrogens (tertiary/aromatic N) is 5. The number of hydrogen-bond donors (Lipinski definition) is 1. The fraction of sp³-hybridized carbons (Fsp3) is 0.150. The van der Waals surface area contributed by atoms with E-state index in [1.54, 1.807) is 4.52 Å². The summed E-state index contributed by atoms with van der Waals surface area (Å²) in [5, 5.41) is 16.6. The maximum absolute atomic E-state index is 4.69. The van der Waals surface area contributed by atoms with Crippen molar-refractivity contribution in [2.45, 2.75) is 6.42 Å². The predicted octanol–water partition coefficient (Wildman–Crippen LogP) is 3.53. The number of anilines is 3. The molecule has 3 heterocycles. The second-order valence-corrected chi connectivity index (χ2v) is 6.52. The zero-order valence-electron chi connectivity index (χ0n) is 14.4. The van der Waals surface area contributed by atoms with Crippen molar-refractivity contribution in [3.05, 3.63) is 66.2 Å². The van der Waals surface area contributed by atoms with Gasteiger partial charge in [0, 0.05) is 30.5 Å². The van der Waals surface area contributed by atoms with Gasteiger partial charge in [-0.3, -0.25) is 0 Å². The molecule has 0 aliphatic carbocycles. The van der Waals surface area contributed by atoms with Gasteiger partial charge in [0.15, 0.2) is 17.3 Å². The van der Waals surface area contributed by atoms with Gasteiger partial charge in [0.2, 0.25) is 0 Å². The fourth-order valence-corrected chi connectivity index (χ4v) is 3.39. The highest BCUT2D eigenvalue weighted by Crippen LogP contribution is 2.30. The van der Waals surface area contributed by atoms with Gasteiger partial charge in [-0.1, -0.05) is 36.4 Å². The van der Waals surface area contributed by atoms with Crippen molar-refractivity contribution in [2.75, 3.05) is 23.8 Å². The number of fused-ring (bicyclic) bond motifs is 2. The Hall–Kier alpha value is -3.41. The summed E-state index contributed by atoms with van der Waals surface area (Å²) in [7, 11) is 2.13. The van der Waals surface area contributed by atoms with Gasteiger partial charge in [0.1, 0.15) is 0 Å². The predicted molar refractivity (Wildman–Crippen MR) is 103 cm³/mol. The molecule has 26 heavy (non-hydrogen) atoms. The molecular weight excluding hydrogens is 324 g/mol. The summed E-state index contributed by atoms with van der Waals surface area (Å²) in [5.74, 6) is 1.49. The molecule has 0 unspecified atom stereocenters. The number of rotatable bonds is 3. The van der Waals surface area contributed by atoms with Gasteiger partial charge < -0.3 is 10.2 Å². The lowest BCUT2D eigenvalue weighted by Gasteiger charge is -2.14. The third kappa shape index (κ3) is 2.47. The molecule has 0 bridgehead atoms. The van der Waals surface area contributed by atoms with Crippen LogP contribution in [0.4, 0.5) is 17.2 Å². The minimum Gasteiger partial charge on any atom is -0.374 e. The smallest absolute Gasteiger partial charge is 0.185 e. The molecule has 0 saturated heterocycles. The van der Waals surface area contributed by atoms with Crippen LogP contribution in [0.2, 0.25) is 0 Å². The van der Waals surface area contributed by atoms with Crippen LogP contribution in [0.1, 0.15) is 5.56 Å². The molecule has 6 heteroatoms. The standard InChI is InChI=1S/C20H18N6/c1-25-12-11-14-7-8-16(13-17(14)25)21-18-9-10-19-22-23-20(26(19)24-18)15-5-3-2-4-6-15/h2-10,13H,11-12H2,1H3,(H,21,24). The molecule has 4 aromatic rings. The Labute approximate surface area is 151 Å². The molecule has 0 amide bonds. The minimum absolute atomic E-state index is 0.725. The summed E-state index contributed by atoms with van der Waals surface area (Å²) in [6, 6.07) is 20.3. The molecule has 5 rings (SSSR count). The first-order chi connectivity index (χ1) is 12.8. The lowest BCUT2D eigenvalue weighted by Crippen LogP contribution is -2.12. The van der Waals surface area contributed by atoms with E-state index >= 15 is 0 Å². The van der Waals surface area contributed by atoms with E-state index in [1.807, 2.05) is 42.5 Å². The Balaban J connectivity index is 1.51. The van der Waals surface area contributed by atoms with Gasteiger partial charge in [0.05, 0.1) is 0 Å². The van der Waals surface area contributed by atoms with Gasteiger partial charge >= 0.3 is 0 Å². The van der Waals surface area contributed by atoms with E-state index in [4.69, 9.17) is 0 Å². The third-order valence-corrected chi connectivity index (χ3v) is 4.78. The molecule has 0 fully saturated rings. The normalized spacial score (nSPS) is 13.2. The fourth-order valence-electron chi connectivity index (χ4n) is 3.39. The number of hydrogen-bond acceptors (Lipinski definition) is 5. The molecule has 2 aromatic heterocycles. The van der Waals surface area contributed by atoms with Gasteiger partial charge in [-0.25, -0.2) is 0 Å². The van der Waals surface area contributed by atoms with E-state index in [2.05, 4.69) is 50.8 Å². The van der Waals surface area contributed by atoms with Gasteiger partial charge in [-0.2, -0.15) is 4.52 Å². The lowest BCUT2D eigenvalue weighted by molar-refractivity contribution is 0.941. The zero-order valence-corrected chi connectivity index (χ0v) is 14.4. The quantitative estimate of drug-likeness (QED) is 0.617. The first-order valence-electron chi connectivity index (χ1n) is 8.67. The molecular formula is C20H18N6. The van der Waals surface area contributed by atoms with Gasteiger partial charge in [-0.15, -0.1) is 15.3 Å². The molecule has 1 N–H and O–H groups in total. The Kier molecular flexibility index (Phi) is 3.35. The second-order valence-electron chi connectivity index (χ2n) is 6.52. The highest BCUT2D eigenvalue weighted by atomic mass is 15.4. The Morgan fingerprint density at radius 3 is 2.73 bits per heavy atom. The minimum atomic E-state index is 0.725. The van der Waals surface area contributed by atoms with Crippen molar-refractivity contribution < 1.29 is 0 Å². The van der Waals surface area contributed by atoms with E-state index in [-0.39, 0.29) is 0 Å². The third-order valence-electron chi connectivity index (χ3n) is 4.78. The first kappa shape index (κ1) is 14.9. The van der Waals surface area contributed by atoms with Crippen LogP contribution in [-0.2, 0) is 6.42 Å². The van der Waals surface area contributed by atoms with Crippen LogP contribution >= 0.6 is 0 Å². The molecule has 0 saturated carbocycles. The summed E-state index contributed by atoms with van der Waals surface area (Å²) in [4.78, 5) is 2.28. The van der Waals surface area contributed by atoms with Crippen LogP contribution in [0.25, 0.3) is 17.0 Å². The summed E-state index contributed by atoms with van der Waals surface area (Å²) < 4.78 is 1.77. The van der Waals surface area contributed by atoms with Crippen molar-refractivity contribution in [3.8, 4) is 11.4 Å². The monoisotopic (exact) mass is 342 g/mol. The van der Waals surface area contributed by atoms with E-state index < -0.39 is 0 Å². The molecule has 0 radical (unpaired) electrons. The number of likely N-dealkylation sites (N-methyl/N-ethyl adjacent to an activating group) is 1. The zero-order chi connectivity index (χ0) is 17.5. The van der Waals surface area contributed by atoms with E-state index in [0.29, 0.717) is 0 Å². The summed E-state index contributed by atoms with van der Waals surface area (Å²) >= 11 is 0. The maximum atomic E-state index is 4.69. The van der Waals surface area contributed by atoms with Crippen molar-refractivity contribution in [1.29, 1.82) is 0 Å².